The first-order valence-corrected chi connectivity index (χ1v) is 11.0. The van der Waals surface area contributed by atoms with Gasteiger partial charge in [-0.25, -0.2) is 4.68 Å². The van der Waals surface area contributed by atoms with Crippen LogP contribution >= 0.6 is 23.2 Å². The Morgan fingerprint density at radius 1 is 1.11 bits per heavy atom. The second kappa shape index (κ2) is 8.91. The molecule has 0 fully saturated rings. The fraction of sp³-hybridized carbons (Fsp3) is 0.0455. The predicted molar refractivity (Wildman–Crippen MR) is 132 cm³/mol. The first kappa shape index (κ1) is 23.2. The fourth-order valence-electron chi connectivity index (χ4n) is 3.59. The average Bonchev–Trinajstić information content (AvgIpc) is 3.42. The Bertz CT molecular complexity index is 1740. The van der Waals surface area contributed by atoms with Gasteiger partial charge >= 0.3 is 0 Å². The molecule has 0 aliphatic heterocycles. The zero-order valence-electron chi connectivity index (χ0n) is 18.3. The lowest BCUT2D eigenvalue weighted by Gasteiger charge is -2.09. The molecule has 5 aromatic rings. The van der Waals surface area contributed by atoms with Crippen LogP contribution in [0.1, 0.15) is 16.1 Å². The summed E-state index contributed by atoms with van der Waals surface area (Å²) in [6.07, 6.45) is 1.38. The second-order valence-electron chi connectivity index (χ2n) is 7.62. The van der Waals surface area contributed by atoms with E-state index < -0.39 is 22.1 Å². The van der Waals surface area contributed by atoms with E-state index in [9.17, 15) is 19.7 Å². The van der Waals surface area contributed by atoms with E-state index in [2.05, 4.69) is 25.5 Å². The van der Waals surface area contributed by atoms with Crippen LogP contribution in [0.3, 0.4) is 0 Å². The summed E-state index contributed by atoms with van der Waals surface area (Å²) in [4.78, 5) is 43.6. The van der Waals surface area contributed by atoms with Crippen LogP contribution in [0.5, 0.6) is 0 Å². The largest absolute Gasteiger partial charge is 0.306 e. The quantitative estimate of drug-likeness (QED) is 0.259. The normalized spacial score (nSPS) is 11.1. The summed E-state index contributed by atoms with van der Waals surface area (Å²) in [5.74, 6) is -0.693. The molecule has 12 nitrogen and oxygen atoms in total. The number of hydrogen-bond donors (Lipinski definition) is 2. The fourth-order valence-corrected chi connectivity index (χ4v) is 3.94. The summed E-state index contributed by atoms with van der Waals surface area (Å²) in [7, 11) is 0. The smallest absolute Gasteiger partial charge is 0.282 e. The van der Waals surface area contributed by atoms with Crippen molar-refractivity contribution in [3.05, 3.63) is 96.5 Å². The first-order chi connectivity index (χ1) is 17.2. The third-order valence-electron chi connectivity index (χ3n) is 5.15. The van der Waals surface area contributed by atoms with Crippen LogP contribution < -0.4 is 10.9 Å². The Labute approximate surface area is 211 Å². The Morgan fingerprint density at radius 2 is 1.89 bits per heavy atom. The number of nitro benzene ring substituents is 1. The minimum Gasteiger partial charge on any atom is -0.306 e. The highest BCUT2D eigenvalue weighted by Gasteiger charge is 2.23. The van der Waals surface area contributed by atoms with E-state index >= 15 is 0 Å². The minimum absolute atomic E-state index is 0.0136. The molecule has 0 saturated heterocycles. The van der Waals surface area contributed by atoms with Gasteiger partial charge in [0, 0.05) is 22.2 Å². The number of H-pyrrole nitrogens is 1. The number of amides is 1. The van der Waals surface area contributed by atoms with Gasteiger partial charge in [0.2, 0.25) is 5.95 Å². The Morgan fingerprint density at radius 3 is 2.64 bits per heavy atom. The van der Waals surface area contributed by atoms with E-state index in [-0.39, 0.29) is 33.4 Å². The molecule has 0 radical (unpaired) electrons. The summed E-state index contributed by atoms with van der Waals surface area (Å²) >= 11 is 12.1. The zero-order chi connectivity index (χ0) is 25.6. The highest BCUT2D eigenvalue weighted by Crippen LogP contribution is 2.25. The molecule has 180 valence electrons. The number of nitrogens with zero attached hydrogens (tertiary/aromatic N) is 6. The highest BCUT2D eigenvalue weighted by molar-refractivity contribution is 6.31. The Balaban J connectivity index is 1.59. The van der Waals surface area contributed by atoms with Crippen molar-refractivity contribution in [1.29, 1.82) is 0 Å². The molecule has 0 aliphatic rings. The van der Waals surface area contributed by atoms with Crippen molar-refractivity contribution < 1.29 is 9.72 Å². The molecule has 0 spiro atoms. The molecule has 2 aromatic carbocycles. The predicted octanol–water partition coefficient (Wildman–Crippen LogP) is 4.07. The molecule has 0 aliphatic carbocycles. The van der Waals surface area contributed by atoms with E-state index in [0.29, 0.717) is 16.4 Å². The number of nitrogens with one attached hydrogen (secondary N) is 2. The van der Waals surface area contributed by atoms with Crippen LogP contribution in [0.4, 0.5) is 11.5 Å². The molecule has 0 saturated carbocycles. The molecule has 36 heavy (non-hydrogen) atoms. The van der Waals surface area contributed by atoms with Gasteiger partial charge in [0.1, 0.15) is 16.8 Å². The number of benzene rings is 2. The second-order valence-corrected chi connectivity index (χ2v) is 8.49. The van der Waals surface area contributed by atoms with Crippen molar-refractivity contribution in [2.75, 3.05) is 5.32 Å². The average molecular weight is 525 g/mol. The molecule has 3 aromatic heterocycles. The van der Waals surface area contributed by atoms with Crippen LogP contribution in [-0.2, 0) is 0 Å². The number of nitro groups is 1. The summed E-state index contributed by atoms with van der Waals surface area (Å²) in [5.41, 5.74) is 0.148. The van der Waals surface area contributed by atoms with Gasteiger partial charge < -0.3 is 5.32 Å². The van der Waals surface area contributed by atoms with E-state index in [4.69, 9.17) is 23.2 Å². The molecule has 3 heterocycles. The number of fused-ring (bicyclic) bond motifs is 1. The number of hydrogen-bond acceptors (Lipinski definition) is 7. The Kier molecular flexibility index (Phi) is 5.74. The summed E-state index contributed by atoms with van der Waals surface area (Å²) in [5, 5.41) is 23.4. The van der Waals surface area contributed by atoms with Gasteiger partial charge in [0.05, 0.1) is 22.5 Å². The highest BCUT2D eigenvalue weighted by atomic mass is 35.5. The van der Waals surface area contributed by atoms with Crippen LogP contribution in [-0.4, -0.2) is 40.4 Å². The van der Waals surface area contributed by atoms with E-state index in [1.54, 1.807) is 31.2 Å². The number of carbonyl (C=O) groups is 1. The maximum absolute atomic E-state index is 13.0. The van der Waals surface area contributed by atoms with Crippen molar-refractivity contribution in [3.8, 4) is 11.6 Å². The molecule has 0 unspecified atom stereocenters. The van der Waals surface area contributed by atoms with E-state index in [0.717, 1.165) is 6.07 Å². The number of halogens is 2. The molecular weight excluding hydrogens is 511 g/mol. The van der Waals surface area contributed by atoms with Crippen molar-refractivity contribution >= 4 is 51.6 Å². The number of aromatic amines is 1. The first-order valence-electron chi connectivity index (χ1n) is 10.3. The SMILES string of the molecule is Cc1cc(NC(=O)c2cc(Cl)ccc2[N+](=O)[O-])n(-c2nc3c(cnn3-c3cccc(Cl)c3)c(=O)[nH]2)n1. The van der Waals surface area contributed by atoms with Gasteiger partial charge in [-0.2, -0.15) is 19.9 Å². The Hall–Kier alpha value is -4.55. The van der Waals surface area contributed by atoms with Gasteiger partial charge in [-0.15, -0.1) is 0 Å². The van der Waals surface area contributed by atoms with Crippen LogP contribution in [0.2, 0.25) is 10.0 Å². The standard InChI is InChI=1S/C22H14Cl2N8O4/c1-11-7-18(26-20(33)15-9-13(24)5-6-17(15)32(35)36)31(29-11)22-27-19-16(21(34)28-22)10-25-30(19)14-4-2-3-12(23)8-14/h2-10H,1H3,(H,26,33)(H,27,28,34). The zero-order valence-corrected chi connectivity index (χ0v) is 19.8. The molecule has 0 bridgehead atoms. The molecule has 0 atom stereocenters. The lowest BCUT2D eigenvalue weighted by atomic mass is 10.1. The van der Waals surface area contributed by atoms with Gasteiger partial charge in [-0.1, -0.05) is 29.3 Å². The van der Waals surface area contributed by atoms with Gasteiger partial charge in [-0.3, -0.25) is 24.7 Å². The van der Waals surface area contributed by atoms with Gasteiger partial charge in [0.15, 0.2) is 5.65 Å². The molecular formula is C22H14Cl2N8O4. The maximum Gasteiger partial charge on any atom is 0.282 e. The van der Waals surface area contributed by atoms with Crippen molar-refractivity contribution in [1.82, 2.24) is 29.5 Å². The number of rotatable bonds is 5. The molecule has 14 heteroatoms. The summed E-state index contributed by atoms with van der Waals surface area (Å²) in [6, 6.07) is 12.0. The molecule has 2 N–H and O–H groups in total. The lowest BCUT2D eigenvalue weighted by molar-refractivity contribution is -0.385. The van der Waals surface area contributed by atoms with Crippen molar-refractivity contribution in [2.45, 2.75) is 6.92 Å². The molecule has 5 rings (SSSR count). The topological polar surface area (TPSA) is 154 Å². The number of carbonyl (C=O) groups excluding carboxylic acids is 1. The van der Waals surface area contributed by atoms with Crippen molar-refractivity contribution in [3.63, 3.8) is 0 Å². The van der Waals surface area contributed by atoms with E-state index in [1.807, 2.05) is 0 Å². The molecule has 1 amide bonds. The third-order valence-corrected chi connectivity index (χ3v) is 5.62. The third kappa shape index (κ3) is 4.19. The van der Waals surface area contributed by atoms with Crippen molar-refractivity contribution in [2.24, 2.45) is 0 Å². The number of aryl methyl sites for hydroxylation is 1. The van der Waals surface area contributed by atoms with Crippen LogP contribution in [0, 0.1) is 17.0 Å². The number of aromatic nitrogens is 6. The minimum atomic E-state index is -0.794. The summed E-state index contributed by atoms with van der Waals surface area (Å²) < 4.78 is 2.66. The summed E-state index contributed by atoms with van der Waals surface area (Å²) in [6.45, 7) is 1.67. The van der Waals surface area contributed by atoms with Gasteiger partial charge in [-0.05, 0) is 37.3 Å². The van der Waals surface area contributed by atoms with Gasteiger partial charge in [0.25, 0.3) is 17.2 Å². The monoisotopic (exact) mass is 524 g/mol. The lowest BCUT2D eigenvalue weighted by Crippen LogP contribution is -2.19. The van der Waals surface area contributed by atoms with Crippen LogP contribution in [0.25, 0.3) is 22.7 Å². The number of anilines is 1. The maximum atomic E-state index is 13.0. The van der Waals surface area contributed by atoms with E-state index in [1.165, 1.54) is 33.8 Å². The van der Waals surface area contributed by atoms with Crippen LogP contribution in [0.15, 0.2) is 59.5 Å².